The van der Waals surface area contributed by atoms with E-state index in [0.717, 1.165) is 11.3 Å². The number of aliphatic hydroxyl groups is 1. The van der Waals surface area contributed by atoms with Gasteiger partial charge in [-0.05, 0) is 24.6 Å². The van der Waals surface area contributed by atoms with Gasteiger partial charge in [-0.2, -0.15) is 0 Å². The normalized spacial score (nSPS) is 19.4. The van der Waals surface area contributed by atoms with Gasteiger partial charge in [0, 0.05) is 29.8 Å². The summed E-state index contributed by atoms with van der Waals surface area (Å²) in [7, 11) is 0. The summed E-state index contributed by atoms with van der Waals surface area (Å²) >= 11 is 0. The number of hydrogen-bond donors (Lipinski definition) is 3. The van der Waals surface area contributed by atoms with Gasteiger partial charge in [-0.3, -0.25) is 4.79 Å². The van der Waals surface area contributed by atoms with Gasteiger partial charge in [0.25, 0.3) is 0 Å². The summed E-state index contributed by atoms with van der Waals surface area (Å²) in [6, 6.07) is 14.8. The Morgan fingerprint density at radius 1 is 1.19 bits per heavy atom. The summed E-state index contributed by atoms with van der Waals surface area (Å²) in [5.41, 5.74) is 7.83. The third kappa shape index (κ3) is 3.73. The number of fused-ring (bicyclic) bond motifs is 1. The van der Waals surface area contributed by atoms with E-state index < -0.39 is 30.5 Å². The molecule has 1 aliphatic heterocycles. The number of aliphatic hydroxyl groups excluding tert-OH is 1. The minimum Gasteiger partial charge on any atom is -0.482 e. The Morgan fingerprint density at radius 2 is 1.89 bits per heavy atom. The molecular formula is C20H22N2O5. The molecule has 3 rings (SSSR count). The first kappa shape index (κ1) is 18.7. The molecule has 4 N–H and O–H groups in total. The Balaban J connectivity index is 2.03. The van der Waals surface area contributed by atoms with Crippen molar-refractivity contribution in [3.05, 3.63) is 59.7 Å². The highest BCUT2D eigenvalue weighted by Gasteiger charge is 2.43. The molecule has 0 saturated heterocycles. The van der Waals surface area contributed by atoms with Crippen LogP contribution in [0, 0.1) is 0 Å². The Labute approximate surface area is 157 Å². The summed E-state index contributed by atoms with van der Waals surface area (Å²) in [6.07, 6.45) is -1.41. The van der Waals surface area contributed by atoms with Crippen molar-refractivity contribution in [3.8, 4) is 5.75 Å². The molecular weight excluding hydrogens is 348 g/mol. The second-order valence-electron chi connectivity index (χ2n) is 6.60. The average Bonchev–Trinajstić information content (AvgIpc) is 2.92. The minimum atomic E-state index is -1.41. The summed E-state index contributed by atoms with van der Waals surface area (Å²) in [5, 5.41) is 19.4. The molecule has 2 aromatic carbocycles. The van der Waals surface area contributed by atoms with Gasteiger partial charge in [0.2, 0.25) is 5.91 Å². The quantitative estimate of drug-likeness (QED) is 0.681. The number of aliphatic carboxylic acids is 1. The molecule has 1 amide bonds. The number of anilines is 1. The first-order valence-corrected chi connectivity index (χ1v) is 8.65. The number of nitrogens with zero attached hydrogens (tertiary/aromatic N) is 1. The molecule has 3 unspecified atom stereocenters. The van der Waals surface area contributed by atoms with E-state index in [0.29, 0.717) is 17.9 Å². The standard InChI is InChI=1S/C20H22N2O5/c1-12-17(19(25)20(21)26)18-14(8-5-9-15(18)27-11-16(23)24)22(12)10-13-6-3-2-4-7-13/h2-9,12,17,19,25H,10-11H2,1H3,(H2,21,26)(H,23,24). The van der Waals surface area contributed by atoms with Crippen molar-refractivity contribution in [1.29, 1.82) is 0 Å². The number of hydrogen-bond acceptors (Lipinski definition) is 5. The van der Waals surface area contributed by atoms with Crippen LogP contribution in [0.5, 0.6) is 5.75 Å². The van der Waals surface area contributed by atoms with Crippen LogP contribution in [0.25, 0.3) is 0 Å². The zero-order chi connectivity index (χ0) is 19.6. The van der Waals surface area contributed by atoms with E-state index >= 15 is 0 Å². The minimum absolute atomic E-state index is 0.239. The van der Waals surface area contributed by atoms with Crippen molar-refractivity contribution in [2.75, 3.05) is 11.5 Å². The van der Waals surface area contributed by atoms with E-state index in [-0.39, 0.29) is 6.04 Å². The van der Waals surface area contributed by atoms with E-state index in [1.165, 1.54) is 0 Å². The molecule has 1 heterocycles. The molecule has 2 aromatic rings. The molecule has 0 radical (unpaired) electrons. The molecule has 7 heteroatoms. The highest BCUT2D eigenvalue weighted by atomic mass is 16.5. The second-order valence-corrected chi connectivity index (χ2v) is 6.60. The molecule has 0 aliphatic carbocycles. The number of amides is 1. The van der Waals surface area contributed by atoms with E-state index in [9.17, 15) is 14.7 Å². The summed E-state index contributed by atoms with van der Waals surface area (Å²) in [4.78, 5) is 24.7. The lowest BCUT2D eigenvalue weighted by Crippen LogP contribution is -2.41. The molecule has 142 valence electrons. The van der Waals surface area contributed by atoms with Crippen LogP contribution in [0.3, 0.4) is 0 Å². The molecule has 7 nitrogen and oxygen atoms in total. The Bertz CT molecular complexity index is 840. The largest absolute Gasteiger partial charge is 0.482 e. The third-order valence-corrected chi connectivity index (χ3v) is 4.88. The SMILES string of the molecule is CC1C(C(O)C(N)=O)c2c(OCC(=O)O)cccc2N1Cc1ccccc1. The van der Waals surface area contributed by atoms with Crippen molar-refractivity contribution >= 4 is 17.6 Å². The Morgan fingerprint density at radius 3 is 2.52 bits per heavy atom. The van der Waals surface area contributed by atoms with Crippen LogP contribution in [0.4, 0.5) is 5.69 Å². The molecule has 0 spiro atoms. The van der Waals surface area contributed by atoms with Gasteiger partial charge in [0.15, 0.2) is 6.61 Å². The number of benzene rings is 2. The highest BCUT2D eigenvalue weighted by Crippen LogP contribution is 2.48. The van der Waals surface area contributed by atoms with Crippen molar-refractivity contribution in [2.24, 2.45) is 5.73 Å². The van der Waals surface area contributed by atoms with Gasteiger partial charge >= 0.3 is 5.97 Å². The summed E-state index contributed by atoms with van der Waals surface area (Å²) in [5.74, 6) is -2.21. The molecule has 0 bridgehead atoms. The number of carbonyl (C=O) groups is 2. The maximum atomic E-state index is 11.7. The van der Waals surface area contributed by atoms with E-state index in [4.69, 9.17) is 15.6 Å². The smallest absolute Gasteiger partial charge is 0.341 e. The number of carbonyl (C=O) groups excluding carboxylic acids is 1. The lowest BCUT2D eigenvalue weighted by molar-refractivity contribution is -0.139. The number of primary amides is 1. The zero-order valence-corrected chi connectivity index (χ0v) is 14.9. The molecule has 27 heavy (non-hydrogen) atoms. The van der Waals surface area contributed by atoms with Crippen LogP contribution in [0.1, 0.15) is 24.0 Å². The van der Waals surface area contributed by atoms with Crippen LogP contribution in [-0.4, -0.2) is 40.8 Å². The first-order valence-electron chi connectivity index (χ1n) is 8.65. The second kappa shape index (κ2) is 7.67. The topological polar surface area (TPSA) is 113 Å². The molecule has 0 fully saturated rings. The predicted molar refractivity (Wildman–Crippen MR) is 99.6 cm³/mol. The number of nitrogens with two attached hydrogens (primary N) is 1. The van der Waals surface area contributed by atoms with Gasteiger partial charge in [0.1, 0.15) is 11.9 Å². The molecule has 1 aliphatic rings. The van der Waals surface area contributed by atoms with Crippen molar-refractivity contribution < 1.29 is 24.5 Å². The molecule has 0 aromatic heterocycles. The van der Waals surface area contributed by atoms with Gasteiger partial charge in [0.05, 0.1) is 0 Å². The fraction of sp³-hybridized carbons (Fsp3) is 0.300. The Kier molecular flexibility index (Phi) is 5.32. The number of carboxylic acid groups (broad SMARTS) is 1. The zero-order valence-electron chi connectivity index (χ0n) is 14.9. The fourth-order valence-corrected chi connectivity index (χ4v) is 3.65. The molecule has 3 atom stereocenters. The van der Waals surface area contributed by atoms with E-state index in [1.54, 1.807) is 12.1 Å². The predicted octanol–water partition coefficient (Wildman–Crippen LogP) is 1.49. The van der Waals surface area contributed by atoms with Crippen LogP contribution in [-0.2, 0) is 16.1 Å². The number of carboxylic acids is 1. The first-order chi connectivity index (χ1) is 12.9. The van der Waals surface area contributed by atoms with Gasteiger partial charge in [-0.1, -0.05) is 36.4 Å². The summed E-state index contributed by atoms with van der Waals surface area (Å²) < 4.78 is 5.43. The van der Waals surface area contributed by atoms with Crippen molar-refractivity contribution in [2.45, 2.75) is 31.5 Å². The highest BCUT2D eigenvalue weighted by molar-refractivity contribution is 5.82. The maximum Gasteiger partial charge on any atom is 0.341 e. The van der Waals surface area contributed by atoms with E-state index in [2.05, 4.69) is 4.90 Å². The van der Waals surface area contributed by atoms with Crippen LogP contribution in [0.2, 0.25) is 0 Å². The number of ether oxygens (including phenoxy) is 1. The lowest BCUT2D eigenvalue weighted by atomic mass is 9.89. The van der Waals surface area contributed by atoms with Gasteiger partial charge in [-0.15, -0.1) is 0 Å². The monoisotopic (exact) mass is 370 g/mol. The van der Waals surface area contributed by atoms with Crippen molar-refractivity contribution in [3.63, 3.8) is 0 Å². The van der Waals surface area contributed by atoms with Crippen molar-refractivity contribution in [1.82, 2.24) is 0 Å². The maximum absolute atomic E-state index is 11.7. The van der Waals surface area contributed by atoms with Crippen LogP contribution < -0.4 is 15.4 Å². The molecule has 0 saturated carbocycles. The third-order valence-electron chi connectivity index (χ3n) is 4.88. The Hall–Kier alpha value is -3.06. The van der Waals surface area contributed by atoms with Crippen LogP contribution in [0.15, 0.2) is 48.5 Å². The lowest BCUT2D eigenvalue weighted by Gasteiger charge is -2.28. The number of rotatable bonds is 7. The fourth-order valence-electron chi connectivity index (χ4n) is 3.65. The van der Waals surface area contributed by atoms with Crippen LogP contribution >= 0.6 is 0 Å². The van der Waals surface area contributed by atoms with E-state index in [1.807, 2.05) is 43.3 Å². The average molecular weight is 370 g/mol. The van der Waals surface area contributed by atoms with Gasteiger partial charge < -0.3 is 25.6 Å². The van der Waals surface area contributed by atoms with Gasteiger partial charge in [-0.25, -0.2) is 4.79 Å². The summed E-state index contributed by atoms with van der Waals surface area (Å²) in [6.45, 7) is 1.96.